The molecule has 0 heterocycles. The lowest BCUT2D eigenvalue weighted by molar-refractivity contribution is -0.139. The van der Waals surface area contributed by atoms with Crippen LogP contribution in [-0.2, 0) is 15.3 Å². The predicted molar refractivity (Wildman–Crippen MR) is 81.7 cm³/mol. The molecule has 0 fully saturated rings. The maximum Gasteiger partial charge on any atom is 0.315 e. The molecule has 2 N–H and O–H groups in total. The fourth-order valence-electron chi connectivity index (χ4n) is 1.53. The van der Waals surface area contributed by atoms with Crippen LogP contribution in [0.15, 0.2) is 18.2 Å². The number of rotatable bonds is 6. The van der Waals surface area contributed by atoms with E-state index in [-0.39, 0.29) is 5.97 Å². The fourth-order valence-corrected chi connectivity index (χ4v) is 2.34. The lowest BCUT2D eigenvalue weighted by Crippen LogP contribution is -2.06. The Labute approximate surface area is 124 Å². The van der Waals surface area contributed by atoms with E-state index in [1.807, 2.05) is 18.2 Å². The molecule has 20 heavy (non-hydrogen) atoms. The van der Waals surface area contributed by atoms with E-state index >= 15 is 0 Å². The van der Waals surface area contributed by atoms with Crippen molar-refractivity contribution in [3.05, 3.63) is 29.3 Å². The molecule has 1 aromatic carbocycles. The number of carbonyl (C=O) groups is 1. The molecule has 0 aliphatic rings. The molecular formula is C15H19NO3S. The van der Waals surface area contributed by atoms with E-state index in [0.717, 1.165) is 16.9 Å². The second-order valence-electron chi connectivity index (χ2n) is 3.83. The zero-order chi connectivity index (χ0) is 14.8. The molecular weight excluding hydrogens is 274 g/mol. The summed E-state index contributed by atoms with van der Waals surface area (Å²) < 4.78 is 10.1. The third kappa shape index (κ3) is 5.55. The molecule has 0 bridgehead atoms. The van der Waals surface area contributed by atoms with Crippen LogP contribution in [0.4, 0.5) is 0 Å². The van der Waals surface area contributed by atoms with Crippen LogP contribution in [0.1, 0.15) is 18.1 Å². The summed E-state index contributed by atoms with van der Waals surface area (Å²) in [5, 5.41) is 0. The summed E-state index contributed by atoms with van der Waals surface area (Å²) in [6.45, 7) is 2.53. The summed E-state index contributed by atoms with van der Waals surface area (Å²) in [7, 11) is 1.62. The molecule has 0 radical (unpaired) electrons. The van der Waals surface area contributed by atoms with Crippen LogP contribution in [0.25, 0.3) is 0 Å². The zero-order valence-electron chi connectivity index (χ0n) is 11.8. The standard InChI is InChI=1S/C15H19NO3S/c1-3-19-15(17)11-20-10-13-9-14(18-2)7-6-12(13)5-4-8-16/h6-7,9H,3,8,10-11,16H2,1-2H3. The van der Waals surface area contributed by atoms with Gasteiger partial charge in [-0.2, -0.15) is 0 Å². The van der Waals surface area contributed by atoms with Gasteiger partial charge in [0.15, 0.2) is 0 Å². The Bertz CT molecular complexity index is 506. The highest BCUT2D eigenvalue weighted by Crippen LogP contribution is 2.22. The zero-order valence-corrected chi connectivity index (χ0v) is 12.6. The van der Waals surface area contributed by atoms with Crippen LogP contribution >= 0.6 is 11.8 Å². The van der Waals surface area contributed by atoms with Gasteiger partial charge in [-0.1, -0.05) is 11.8 Å². The minimum absolute atomic E-state index is 0.199. The first-order valence-corrected chi connectivity index (χ1v) is 7.46. The molecule has 0 amide bonds. The molecule has 0 aromatic heterocycles. The summed E-state index contributed by atoms with van der Waals surface area (Å²) in [4.78, 5) is 11.3. The van der Waals surface area contributed by atoms with Gasteiger partial charge >= 0.3 is 5.97 Å². The number of esters is 1. The highest BCUT2D eigenvalue weighted by atomic mass is 32.2. The highest BCUT2D eigenvalue weighted by molar-refractivity contribution is 7.99. The molecule has 0 aliphatic carbocycles. The number of nitrogens with two attached hydrogens (primary N) is 1. The summed E-state index contributed by atoms with van der Waals surface area (Å²) in [5.74, 6) is 7.44. The third-order valence-corrected chi connectivity index (χ3v) is 3.38. The van der Waals surface area contributed by atoms with Gasteiger partial charge in [0.2, 0.25) is 0 Å². The van der Waals surface area contributed by atoms with Gasteiger partial charge in [0.05, 0.1) is 26.0 Å². The quantitative estimate of drug-likeness (QED) is 0.640. The number of ether oxygens (including phenoxy) is 2. The molecule has 108 valence electrons. The van der Waals surface area contributed by atoms with Crippen LogP contribution in [0.5, 0.6) is 5.75 Å². The van der Waals surface area contributed by atoms with Crippen molar-refractivity contribution in [3.8, 4) is 17.6 Å². The van der Waals surface area contributed by atoms with Crippen LogP contribution < -0.4 is 10.5 Å². The number of methoxy groups -OCH3 is 1. The summed E-state index contributed by atoms with van der Waals surface area (Å²) in [5.41, 5.74) is 7.33. The van der Waals surface area contributed by atoms with Crippen LogP contribution in [0, 0.1) is 11.8 Å². The van der Waals surface area contributed by atoms with Crippen molar-refractivity contribution in [2.24, 2.45) is 5.73 Å². The maximum absolute atomic E-state index is 11.3. The predicted octanol–water partition coefficient (Wildman–Crippen LogP) is 1.80. The second-order valence-corrected chi connectivity index (χ2v) is 4.81. The molecule has 5 heteroatoms. The Balaban J connectivity index is 2.72. The number of thioether (sulfide) groups is 1. The molecule has 4 nitrogen and oxygen atoms in total. The Morgan fingerprint density at radius 3 is 2.90 bits per heavy atom. The largest absolute Gasteiger partial charge is 0.497 e. The second kappa shape index (κ2) is 9.29. The van der Waals surface area contributed by atoms with Crippen LogP contribution in [-0.4, -0.2) is 32.0 Å². The normalized spacial score (nSPS) is 9.55. The maximum atomic E-state index is 11.3. The molecule has 0 unspecified atom stereocenters. The van der Waals surface area contributed by atoms with Gasteiger partial charge in [-0.3, -0.25) is 4.79 Å². The Morgan fingerprint density at radius 1 is 1.45 bits per heavy atom. The van der Waals surface area contributed by atoms with Gasteiger partial charge in [0.1, 0.15) is 5.75 Å². The number of carbonyl (C=O) groups excluding carboxylic acids is 1. The Kier molecular flexibility index (Phi) is 7.63. The molecule has 0 spiro atoms. The van der Waals surface area contributed by atoms with Gasteiger partial charge in [-0.05, 0) is 30.7 Å². The van der Waals surface area contributed by atoms with E-state index < -0.39 is 0 Å². The summed E-state index contributed by atoms with van der Waals surface area (Å²) in [6, 6.07) is 5.69. The SMILES string of the molecule is CCOC(=O)CSCc1cc(OC)ccc1C#CCN. The van der Waals surface area contributed by atoms with E-state index in [1.54, 1.807) is 14.0 Å². The van der Waals surface area contributed by atoms with Gasteiger partial charge in [-0.25, -0.2) is 0 Å². The van der Waals surface area contributed by atoms with E-state index in [1.165, 1.54) is 11.8 Å². The van der Waals surface area contributed by atoms with Crippen LogP contribution in [0.3, 0.4) is 0 Å². The highest BCUT2D eigenvalue weighted by Gasteiger charge is 2.06. The lowest BCUT2D eigenvalue weighted by Gasteiger charge is -2.07. The number of benzene rings is 1. The fraction of sp³-hybridized carbons (Fsp3) is 0.400. The molecule has 1 aromatic rings. The first-order chi connectivity index (χ1) is 9.71. The minimum atomic E-state index is -0.199. The van der Waals surface area contributed by atoms with E-state index in [2.05, 4.69) is 11.8 Å². The molecule has 1 rings (SSSR count). The van der Waals surface area contributed by atoms with Gasteiger partial charge < -0.3 is 15.2 Å². The number of hydrogen-bond donors (Lipinski definition) is 1. The molecule has 0 saturated carbocycles. The molecule has 0 saturated heterocycles. The smallest absolute Gasteiger partial charge is 0.315 e. The first-order valence-electron chi connectivity index (χ1n) is 6.30. The van der Waals surface area contributed by atoms with Crippen molar-refractivity contribution in [2.45, 2.75) is 12.7 Å². The first kappa shape index (κ1) is 16.4. The monoisotopic (exact) mass is 293 g/mol. The molecule has 0 atom stereocenters. The summed E-state index contributed by atoms with van der Waals surface area (Å²) >= 11 is 1.49. The Morgan fingerprint density at radius 2 is 2.25 bits per heavy atom. The van der Waals surface area contributed by atoms with Crippen molar-refractivity contribution < 1.29 is 14.3 Å². The van der Waals surface area contributed by atoms with Crippen molar-refractivity contribution >= 4 is 17.7 Å². The lowest BCUT2D eigenvalue weighted by atomic mass is 10.1. The van der Waals surface area contributed by atoms with Crippen molar-refractivity contribution in [1.29, 1.82) is 0 Å². The Hall–Kier alpha value is -1.64. The van der Waals surface area contributed by atoms with E-state index in [9.17, 15) is 4.79 Å². The average molecular weight is 293 g/mol. The van der Waals surface area contributed by atoms with Crippen molar-refractivity contribution in [3.63, 3.8) is 0 Å². The number of hydrogen-bond acceptors (Lipinski definition) is 5. The average Bonchev–Trinajstić information content (AvgIpc) is 2.46. The van der Waals surface area contributed by atoms with Crippen LogP contribution in [0.2, 0.25) is 0 Å². The van der Waals surface area contributed by atoms with Gasteiger partial charge in [-0.15, -0.1) is 11.8 Å². The molecule has 0 aliphatic heterocycles. The summed E-state index contributed by atoms with van der Waals surface area (Å²) in [6.07, 6.45) is 0. The van der Waals surface area contributed by atoms with Crippen molar-refractivity contribution in [1.82, 2.24) is 0 Å². The van der Waals surface area contributed by atoms with E-state index in [0.29, 0.717) is 24.7 Å². The third-order valence-electron chi connectivity index (χ3n) is 2.42. The topological polar surface area (TPSA) is 61.5 Å². The van der Waals surface area contributed by atoms with E-state index in [4.69, 9.17) is 15.2 Å². The van der Waals surface area contributed by atoms with Gasteiger partial charge in [0.25, 0.3) is 0 Å². The van der Waals surface area contributed by atoms with Gasteiger partial charge in [0, 0.05) is 11.3 Å². The van der Waals surface area contributed by atoms with Crippen molar-refractivity contribution in [2.75, 3.05) is 26.0 Å². The minimum Gasteiger partial charge on any atom is -0.497 e.